The summed E-state index contributed by atoms with van der Waals surface area (Å²) >= 11 is 0. The monoisotopic (exact) mass is 2310 g/mol. The fourth-order valence-corrected chi connectivity index (χ4v) is 7.74. The minimum atomic E-state index is -1.02. The molecule has 0 N–H and O–H groups in total. The Morgan fingerprint density at radius 3 is 0.957 bits per heavy atom. The summed E-state index contributed by atoms with van der Waals surface area (Å²) in [7, 11) is 6.72. The second-order valence-corrected chi connectivity index (χ2v) is 20.3. The van der Waals surface area contributed by atoms with Gasteiger partial charge in [-0.3, -0.25) is 97.5 Å². The predicted molar refractivity (Wildman–Crippen MR) is 349 cm³/mol. The van der Waals surface area contributed by atoms with Gasteiger partial charge >= 0.3 is 49.4 Å². The van der Waals surface area contributed by atoms with Gasteiger partial charge in [-0.15, -0.1) is 133 Å². The molecule has 592 valence electrons. The average Bonchev–Trinajstić information content (AvgIpc) is 1.10. The first kappa shape index (κ1) is 93.4. The molecule has 0 saturated carbocycles. The Morgan fingerprint density at radius 1 is 0.345 bits per heavy atom. The van der Waals surface area contributed by atoms with Crippen LogP contribution in [0.3, 0.4) is 0 Å². The zero-order chi connectivity index (χ0) is 80.2. The molecular weight excluding hydrogens is 2270 g/mol. The Bertz CT molecular complexity index is 5440. The van der Waals surface area contributed by atoms with E-state index in [1.54, 1.807) is 28.2 Å². The Hall–Kier alpha value is -13.2. The van der Waals surface area contributed by atoms with E-state index in [-0.39, 0.29) is 137 Å². The molecule has 48 heteroatoms. The van der Waals surface area contributed by atoms with Crippen molar-refractivity contribution in [3.05, 3.63) is 260 Å². The second kappa shape index (κ2) is 46.1. The van der Waals surface area contributed by atoms with Gasteiger partial charge in [0.1, 0.15) is 90.7 Å². The van der Waals surface area contributed by atoms with Crippen LogP contribution in [0.1, 0.15) is 5.56 Å². The molecule has 0 amide bonds. The van der Waals surface area contributed by atoms with Crippen LogP contribution < -0.4 is 0 Å². The van der Waals surface area contributed by atoms with E-state index in [0.717, 1.165) is 72.8 Å². The van der Waals surface area contributed by atoms with Crippen LogP contribution in [0.2, 0.25) is 0 Å². The Morgan fingerprint density at radius 2 is 0.655 bits per heavy atom. The first-order chi connectivity index (χ1) is 53.9. The zero-order valence-corrected chi connectivity index (χ0v) is 67.5. The summed E-state index contributed by atoms with van der Waals surface area (Å²) in [5.74, 6) is -12.0. The number of aromatic nitrogens is 17. The number of nitriles is 1. The van der Waals surface area contributed by atoms with Crippen LogP contribution in [-0.4, -0.2) is 199 Å². The van der Waals surface area contributed by atoms with Crippen LogP contribution in [0.25, 0.3) is 45.6 Å². The summed E-state index contributed by atoms with van der Waals surface area (Å²) in [5.41, 5.74) is -0.227. The van der Waals surface area contributed by atoms with Crippen molar-refractivity contribution < 1.29 is 179 Å². The minimum absolute atomic E-state index is 0. The zero-order valence-electron chi connectivity index (χ0n) is 57.9. The van der Waals surface area contributed by atoms with Gasteiger partial charge in [0.2, 0.25) is 20.4 Å². The molecule has 12 aromatic rings. The summed E-state index contributed by atoms with van der Waals surface area (Å²) < 4.78 is 190. The summed E-state index contributed by atoms with van der Waals surface area (Å²) in [6.07, 6.45) is 15.9. The molecule has 0 spiro atoms. The van der Waals surface area contributed by atoms with E-state index in [1.807, 2.05) is 24.3 Å². The molecule has 3 aromatic carbocycles. The van der Waals surface area contributed by atoms with Gasteiger partial charge in [0.05, 0.1) is 83.5 Å². The van der Waals surface area contributed by atoms with Gasteiger partial charge < -0.3 is 19.9 Å². The van der Waals surface area contributed by atoms with Crippen LogP contribution in [0.4, 0.5) is 84.2 Å². The van der Waals surface area contributed by atoms with E-state index >= 15 is 0 Å². The van der Waals surface area contributed by atoms with E-state index in [4.69, 9.17) is 5.26 Å². The van der Waals surface area contributed by atoms with E-state index in [2.05, 4.69) is 178 Å². The van der Waals surface area contributed by atoms with Gasteiger partial charge in [0.15, 0.2) is 46.5 Å². The topological polar surface area (TPSA) is 316 Å². The van der Waals surface area contributed by atoms with Crippen molar-refractivity contribution in [1.29, 1.82) is 5.26 Å². The Kier molecular flexibility index (Phi) is 37.1. The summed E-state index contributed by atoms with van der Waals surface area (Å²) in [6.45, 7) is 0. The van der Waals surface area contributed by atoms with E-state index in [0.29, 0.717) is 5.82 Å². The number of hydrogen-bond acceptors (Lipinski definition) is 22. The summed E-state index contributed by atoms with van der Waals surface area (Å²) in [6, 6.07) is 46.6. The molecule has 0 aliphatic carbocycles. The van der Waals surface area contributed by atoms with Crippen molar-refractivity contribution >= 4 is 72.1 Å². The van der Waals surface area contributed by atoms with E-state index in [9.17, 15) is 61.5 Å². The van der Waals surface area contributed by atoms with Crippen LogP contribution >= 0.6 is 0 Å². The minimum Gasteiger partial charge on any atom is -0.319 e. The maximum atomic E-state index is 13.6. The number of hydrazone groups is 4. The Labute approximate surface area is 696 Å². The van der Waals surface area contributed by atoms with Gasteiger partial charge in [0, 0.05) is 97.6 Å². The van der Waals surface area contributed by atoms with Gasteiger partial charge in [-0.2, -0.15) is 5.26 Å². The quantitative estimate of drug-likeness (QED) is 0.0607. The molecule has 13 heterocycles. The SMILES string of the molecule is C[N+]1=C=[N+](c2[c-]cc(F)nc2F)N=C1.C[N+]1=C=[N+](c2[c-]cc(F)nc2F)N=C1.C[N+]1=C=[N+](c2[c-]cc(F)nc2F)N=C1.C[N+]1=C=[N+](c2[c-]cc(F)nc2F)N=C1.Fc1c[c-]c(-c2ncncn2)c(F)c1.Fc1c[c-]c(-c2ncncn2)c(F)n1.N#Cc1c(F)c[c-]c(-c2ncncn2)c1F.[Ir].[Ir].[Ir].[Ir].[c-]1ccccc1-c1ncncn1. The number of pyridine rings is 5. The number of benzene rings is 3. The molecule has 4 aliphatic rings. The first-order valence-electron chi connectivity index (χ1n) is 30.1. The molecule has 16 rings (SSSR count). The number of rotatable bonds is 8. The predicted octanol–water partition coefficient (Wildman–Crippen LogP) is 7.75. The van der Waals surface area contributed by atoms with Crippen LogP contribution in [-0.2, 0) is 80.4 Å². The largest absolute Gasteiger partial charge is 0.420 e. The van der Waals surface area contributed by atoms with E-state index in [1.165, 1.54) is 100 Å². The normalized spacial score (nSPS) is 11.7. The van der Waals surface area contributed by atoms with Crippen LogP contribution in [0, 0.1) is 143 Å². The summed E-state index contributed by atoms with van der Waals surface area (Å²) in [4.78, 5) is 59.6. The maximum absolute atomic E-state index is 13.6. The van der Waals surface area contributed by atoms with Crippen LogP contribution in [0.15, 0.2) is 144 Å². The van der Waals surface area contributed by atoms with Crippen molar-refractivity contribution in [2.45, 2.75) is 0 Å². The fraction of sp³-hybridized carbons (Fsp3) is 0.0588. The maximum Gasteiger partial charge on any atom is 0.420 e. The van der Waals surface area contributed by atoms with Gasteiger partial charge in [-0.05, 0) is 0 Å². The number of nitrogens with zero attached hydrogens (tertiary/aromatic N) is 30. The Balaban J connectivity index is 0.000000235. The third-order valence-corrected chi connectivity index (χ3v) is 12.5. The molecule has 0 bridgehead atoms. The first-order valence-corrected chi connectivity index (χ1v) is 30.1. The molecule has 116 heavy (non-hydrogen) atoms. The van der Waals surface area contributed by atoms with Gasteiger partial charge in [-0.1, -0.05) is 28.8 Å². The van der Waals surface area contributed by atoms with Crippen molar-refractivity contribution in [2.75, 3.05) is 28.2 Å². The van der Waals surface area contributed by atoms with Crippen molar-refractivity contribution in [2.24, 2.45) is 20.4 Å². The molecule has 0 saturated heterocycles. The summed E-state index contributed by atoms with van der Waals surface area (Å²) in [5, 5.41) is 23.6. The van der Waals surface area contributed by atoms with E-state index < -0.39 is 88.3 Å². The average molecular weight is 2310 g/mol. The van der Waals surface area contributed by atoms with Crippen LogP contribution in [0.5, 0.6) is 0 Å². The number of hydrogen-bond donors (Lipinski definition) is 0. The van der Waals surface area contributed by atoms with Gasteiger partial charge in [0.25, 0.3) is 0 Å². The van der Waals surface area contributed by atoms with Crippen molar-refractivity contribution in [1.82, 2.24) is 84.7 Å². The third-order valence-electron chi connectivity index (χ3n) is 12.5. The molecule has 4 radical (unpaired) electrons. The molecule has 9 aromatic heterocycles. The molecule has 0 unspecified atom stereocenters. The molecule has 30 nitrogen and oxygen atoms in total. The molecule has 0 fully saturated rings. The standard InChI is InChI=1S/C10H3F2N4.C9H4F2N3.C9H6N3.4C8H5F2N4.C8H3F2N4.4Ir/c11-8-2-1-6(9(12)7(8)3-13)10-15-4-14-5-16-10;10-6-1-2-7(8(11)3-6)9-13-4-12-5-14-9;1-2-4-8(5-3-1)9-11-6-10-7-12-9;4*1-13-4-11-14(5-13)6-2-3-7(9)12-8(6)10;9-6-2-1-5(7(10)14-6)8-12-3-11-4-13-8;;;;/h2,4-5H;1,3-5H;1-4,6-7H;4*3-4H,1H3;2-4H;;;;/q3*-1;4*+1;-1;;;;. The smallest absolute Gasteiger partial charge is 0.319 e. The second-order valence-electron chi connectivity index (χ2n) is 20.3. The molecular formula is C68H36F14Ir4N30. The molecule has 0 atom stereocenters. The third kappa shape index (κ3) is 27.3. The fourth-order valence-electron chi connectivity index (χ4n) is 7.74. The van der Waals surface area contributed by atoms with Crippen molar-refractivity contribution in [3.8, 4) is 51.6 Å². The number of halogens is 14. The van der Waals surface area contributed by atoms with Gasteiger partial charge in [-0.25, -0.2) is 28.7 Å². The molecule has 4 aliphatic heterocycles. The van der Waals surface area contributed by atoms with Crippen molar-refractivity contribution in [3.63, 3.8) is 0 Å².